The van der Waals surface area contributed by atoms with E-state index in [1.807, 2.05) is 30.5 Å². The number of carbonyl (C=O) groups is 2. The highest BCUT2D eigenvalue weighted by atomic mass is 16.5. The highest BCUT2D eigenvalue weighted by molar-refractivity contribution is 6.03. The summed E-state index contributed by atoms with van der Waals surface area (Å²) in [6, 6.07) is 9.61. The van der Waals surface area contributed by atoms with Gasteiger partial charge in [0, 0.05) is 60.0 Å². The van der Waals surface area contributed by atoms with Crippen molar-refractivity contribution in [3.63, 3.8) is 0 Å². The van der Waals surface area contributed by atoms with Gasteiger partial charge in [-0.15, -0.1) is 0 Å². The maximum absolute atomic E-state index is 12.4. The Hall–Kier alpha value is -4.35. The number of aromatic amines is 1. The maximum Gasteiger partial charge on any atom is 0.330 e. The van der Waals surface area contributed by atoms with Crippen LogP contribution in [0.2, 0.25) is 0 Å². The number of benzene rings is 1. The van der Waals surface area contributed by atoms with Gasteiger partial charge in [0.1, 0.15) is 18.0 Å². The Labute approximate surface area is 212 Å². The standard InChI is InChI=1S/C26H27N7O4/c34-24(4-5-25(35)37-11-1-8-33-9-12-36-13-10-33)32-23-15-20-22(16-28-23)29-17-30-26(20)31-19-2-3-21-18(14-19)6-7-27-21/h2-7,14-17,27H,1,8-13H2,(H,28,32,34)(H,29,30,31). The Morgan fingerprint density at radius 3 is 2.89 bits per heavy atom. The van der Waals surface area contributed by atoms with Crippen LogP contribution in [0.4, 0.5) is 17.3 Å². The van der Waals surface area contributed by atoms with Crippen LogP contribution in [-0.4, -0.2) is 76.2 Å². The quantitative estimate of drug-likeness (QED) is 0.180. The van der Waals surface area contributed by atoms with Crippen LogP contribution in [0, 0.1) is 0 Å². The van der Waals surface area contributed by atoms with E-state index in [0.717, 1.165) is 68.0 Å². The molecule has 0 aliphatic carbocycles. The summed E-state index contributed by atoms with van der Waals surface area (Å²) >= 11 is 0. The van der Waals surface area contributed by atoms with Gasteiger partial charge in [-0.2, -0.15) is 0 Å². The predicted octanol–water partition coefficient (Wildman–Crippen LogP) is 3.01. The first-order valence-electron chi connectivity index (χ1n) is 12.0. The van der Waals surface area contributed by atoms with Gasteiger partial charge in [-0.3, -0.25) is 9.69 Å². The first-order chi connectivity index (χ1) is 18.1. The number of H-pyrrole nitrogens is 1. The minimum atomic E-state index is -0.567. The number of carbonyl (C=O) groups excluding carboxylic acids is 2. The number of ether oxygens (including phenoxy) is 2. The van der Waals surface area contributed by atoms with Crippen molar-refractivity contribution in [2.24, 2.45) is 0 Å². The van der Waals surface area contributed by atoms with E-state index in [0.29, 0.717) is 29.1 Å². The van der Waals surface area contributed by atoms with Crippen LogP contribution in [0.3, 0.4) is 0 Å². The molecular formula is C26H27N7O4. The monoisotopic (exact) mass is 501 g/mol. The molecule has 1 amide bonds. The molecule has 3 aromatic heterocycles. The van der Waals surface area contributed by atoms with Crippen LogP contribution in [0.15, 0.2) is 61.2 Å². The van der Waals surface area contributed by atoms with Gasteiger partial charge in [-0.05, 0) is 36.8 Å². The highest BCUT2D eigenvalue weighted by Gasteiger charge is 2.11. The maximum atomic E-state index is 12.4. The van der Waals surface area contributed by atoms with Crippen molar-refractivity contribution in [2.75, 3.05) is 50.1 Å². The van der Waals surface area contributed by atoms with Gasteiger partial charge < -0.3 is 25.1 Å². The first kappa shape index (κ1) is 24.3. The topological polar surface area (TPSA) is 134 Å². The van der Waals surface area contributed by atoms with E-state index in [1.165, 1.54) is 6.33 Å². The molecule has 1 fully saturated rings. The van der Waals surface area contributed by atoms with Crippen LogP contribution in [0.5, 0.6) is 0 Å². The van der Waals surface area contributed by atoms with E-state index in [4.69, 9.17) is 9.47 Å². The van der Waals surface area contributed by atoms with Crippen molar-refractivity contribution in [3.8, 4) is 0 Å². The fourth-order valence-electron chi connectivity index (χ4n) is 4.04. The average Bonchev–Trinajstić information content (AvgIpc) is 3.39. The van der Waals surface area contributed by atoms with Crippen molar-refractivity contribution in [1.29, 1.82) is 0 Å². The third-order valence-electron chi connectivity index (χ3n) is 5.93. The normalized spacial score (nSPS) is 14.3. The van der Waals surface area contributed by atoms with E-state index in [2.05, 4.69) is 35.5 Å². The SMILES string of the molecule is O=C(C=CC(=O)OCCCN1CCOCC1)Nc1cc2c(Nc3ccc4[nH]ccc4c3)ncnc2cn1. The molecule has 4 heterocycles. The van der Waals surface area contributed by atoms with E-state index in [1.54, 1.807) is 12.3 Å². The number of anilines is 3. The molecule has 0 unspecified atom stereocenters. The number of amides is 1. The van der Waals surface area contributed by atoms with Crippen molar-refractivity contribution in [1.82, 2.24) is 24.8 Å². The summed E-state index contributed by atoms with van der Waals surface area (Å²) in [6.07, 6.45) is 7.86. The Bertz CT molecular complexity index is 1430. The van der Waals surface area contributed by atoms with Crippen LogP contribution in [0.25, 0.3) is 21.8 Å². The predicted molar refractivity (Wildman–Crippen MR) is 140 cm³/mol. The molecule has 0 radical (unpaired) electrons. The fourth-order valence-corrected chi connectivity index (χ4v) is 4.04. The average molecular weight is 502 g/mol. The molecule has 37 heavy (non-hydrogen) atoms. The smallest absolute Gasteiger partial charge is 0.330 e. The van der Waals surface area contributed by atoms with Gasteiger partial charge in [0.05, 0.1) is 31.5 Å². The Morgan fingerprint density at radius 1 is 1.11 bits per heavy atom. The van der Waals surface area contributed by atoms with Gasteiger partial charge in [0.25, 0.3) is 0 Å². The molecule has 0 saturated carbocycles. The highest BCUT2D eigenvalue weighted by Crippen LogP contribution is 2.26. The lowest BCUT2D eigenvalue weighted by atomic mass is 10.2. The fraction of sp³-hybridized carbons (Fsp3) is 0.269. The zero-order valence-corrected chi connectivity index (χ0v) is 20.1. The lowest BCUT2D eigenvalue weighted by Crippen LogP contribution is -2.37. The van der Waals surface area contributed by atoms with Crippen molar-refractivity contribution in [3.05, 3.63) is 61.2 Å². The zero-order chi connectivity index (χ0) is 25.5. The Morgan fingerprint density at radius 2 is 2.00 bits per heavy atom. The minimum absolute atomic E-state index is 0.293. The van der Waals surface area contributed by atoms with Crippen molar-refractivity contribution >= 4 is 51.0 Å². The molecule has 0 atom stereocenters. The van der Waals surface area contributed by atoms with E-state index >= 15 is 0 Å². The first-order valence-corrected chi connectivity index (χ1v) is 12.0. The van der Waals surface area contributed by atoms with Gasteiger partial charge >= 0.3 is 5.97 Å². The largest absolute Gasteiger partial charge is 0.462 e. The van der Waals surface area contributed by atoms with Gasteiger partial charge in [-0.1, -0.05) is 0 Å². The number of nitrogens with zero attached hydrogens (tertiary/aromatic N) is 4. The number of pyridine rings is 1. The molecule has 0 spiro atoms. The molecule has 1 aromatic carbocycles. The molecular weight excluding hydrogens is 474 g/mol. The van der Waals surface area contributed by atoms with Crippen LogP contribution >= 0.6 is 0 Å². The summed E-state index contributed by atoms with van der Waals surface area (Å²) in [7, 11) is 0. The molecule has 5 rings (SSSR count). The van der Waals surface area contributed by atoms with Crippen molar-refractivity contribution in [2.45, 2.75) is 6.42 Å². The number of fused-ring (bicyclic) bond motifs is 2. The summed E-state index contributed by atoms with van der Waals surface area (Å²) in [4.78, 5) is 42.6. The molecule has 3 N–H and O–H groups in total. The number of morpholine rings is 1. The lowest BCUT2D eigenvalue weighted by molar-refractivity contribution is -0.138. The molecule has 11 nitrogen and oxygen atoms in total. The third kappa shape index (κ3) is 6.46. The third-order valence-corrected chi connectivity index (χ3v) is 5.93. The summed E-state index contributed by atoms with van der Waals surface area (Å²) in [5.74, 6) is -0.182. The summed E-state index contributed by atoms with van der Waals surface area (Å²) in [6.45, 7) is 4.39. The lowest BCUT2D eigenvalue weighted by Gasteiger charge is -2.26. The number of hydrogen-bond acceptors (Lipinski definition) is 9. The molecule has 0 bridgehead atoms. The minimum Gasteiger partial charge on any atom is -0.462 e. The molecule has 1 aliphatic heterocycles. The molecule has 1 aliphatic rings. The van der Waals surface area contributed by atoms with Gasteiger partial charge in [0.2, 0.25) is 5.91 Å². The second-order valence-electron chi connectivity index (χ2n) is 8.51. The second kappa shape index (κ2) is 11.6. The summed E-state index contributed by atoms with van der Waals surface area (Å²) in [5.41, 5.74) is 2.52. The number of esters is 1. The summed E-state index contributed by atoms with van der Waals surface area (Å²) < 4.78 is 10.5. The zero-order valence-electron chi connectivity index (χ0n) is 20.1. The molecule has 4 aromatic rings. The molecule has 1 saturated heterocycles. The van der Waals surface area contributed by atoms with Gasteiger partial charge in [0.15, 0.2) is 0 Å². The molecule has 11 heteroatoms. The number of aromatic nitrogens is 4. The van der Waals surface area contributed by atoms with Crippen LogP contribution < -0.4 is 10.6 Å². The number of nitrogens with one attached hydrogen (secondary N) is 3. The second-order valence-corrected chi connectivity index (χ2v) is 8.51. The Balaban J connectivity index is 1.16. The van der Waals surface area contributed by atoms with E-state index < -0.39 is 11.9 Å². The summed E-state index contributed by atoms with van der Waals surface area (Å²) in [5, 5.41) is 7.72. The van der Waals surface area contributed by atoms with Crippen molar-refractivity contribution < 1.29 is 19.1 Å². The Kier molecular flexibility index (Phi) is 7.63. The van der Waals surface area contributed by atoms with Gasteiger partial charge in [-0.25, -0.2) is 19.7 Å². The number of rotatable bonds is 9. The number of hydrogen-bond donors (Lipinski definition) is 3. The van der Waals surface area contributed by atoms with Crippen LogP contribution in [0.1, 0.15) is 6.42 Å². The van der Waals surface area contributed by atoms with E-state index in [-0.39, 0.29) is 0 Å². The van der Waals surface area contributed by atoms with Crippen LogP contribution in [-0.2, 0) is 19.1 Å². The molecule has 190 valence electrons. The van der Waals surface area contributed by atoms with E-state index in [9.17, 15) is 9.59 Å².